The largest absolute Gasteiger partial charge is 0.486 e. The van der Waals surface area contributed by atoms with E-state index >= 15 is 0 Å². The zero-order valence-electron chi connectivity index (χ0n) is 14.5. The van der Waals surface area contributed by atoms with Crippen LogP contribution in [0.1, 0.15) is 17.3 Å². The lowest BCUT2D eigenvalue weighted by Gasteiger charge is -2.24. The van der Waals surface area contributed by atoms with Gasteiger partial charge in [-0.3, -0.25) is 4.31 Å². The van der Waals surface area contributed by atoms with Crippen molar-refractivity contribution < 1.29 is 27.4 Å². The fraction of sp³-hybridized carbons (Fsp3) is 0.278. The number of rotatable bonds is 5. The molecule has 0 spiro atoms. The summed E-state index contributed by atoms with van der Waals surface area (Å²) in [7, 11) is -2.56. The average molecular weight is 377 g/mol. The lowest BCUT2D eigenvalue weighted by molar-refractivity contribution is 0.0600. The smallest absolute Gasteiger partial charge is 0.337 e. The summed E-state index contributed by atoms with van der Waals surface area (Å²) in [6.07, 6.45) is 0. The minimum absolute atomic E-state index is 0.0899. The first-order valence-corrected chi connectivity index (χ1v) is 9.52. The van der Waals surface area contributed by atoms with Gasteiger partial charge < -0.3 is 14.2 Å². The van der Waals surface area contributed by atoms with Crippen LogP contribution >= 0.6 is 0 Å². The van der Waals surface area contributed by atoms with Gasteiger partial charge in [0.2, 0.25) is 0 Å². The van der Waals surface area contributed by atoms with Crippen molar-refractivity contribution in [2.75, 3.05) is 31.2 Å². The van der Waals surface area contributed by atoms with Gasteiger partial charge in [0.1, 0.15) is 13.2 Å². The van der Waals surface area contributed by atoms with Crippen LogP contribution in [0.25, 0.3) is 0 Å². The van der Waals surface area contributed by atoms with E-state index < -0.39 is 16.0 Å². The van der Waals surface area contributed by atoms with Crippen molar-refractivity contribution in [1.82, 2.24) is 0 Å². The highest BCUT2D eigenvalue weighted by atomic mass is 32.2. The summed E-state index contributed by atoms with van der Waals surface area (Å²) in [5.41, 5.74) is 0.658. The maximum Gasteiger partial charge on any atom is 0.337 e. The maximum absolute atomic E-state index is 13.1. The van der Waals surface area contributed by atoms with Crippen LogP contribution in [0.15, 0.2) is 47.4 Å². The Bertz CT molecular complexity index is 925. The molecule has 7 nitrogen and oxygen atoms in total. The number of hydrogen-bond acceptors (Lipinski definition) is 6. The van der Waals surface area contributed by atoms with E-state index in [1.165, 1.54) is 29.6 Å². The van der Waals surface area contributed by atoms with Crippen LogP contribution in [0.4, 0.5) is 5.69 Å². The normalized spacial score (nSPS) is 13.2. The molecule has 1 aliphatic rings. The number of carbonyl (C=O) groups excluding carboxylic acids is 1. The molecule has 0 bridgehead atoms. The Morgan fingerprint density at radius 3 is 2.54 bits per heavy atom. The summed E-state index contributed by atoms with van der Waals surface area (Å²) in [5, 5.41) is 0. The number of esters is 1. The number of ether oxygens (including phenoxy) is 3. The van der Waals surface area contributed by atoms with Crippen LogP contribution in [0.3, 0.4) is 0 Å². The van der Waals surface area contributed by atoms with Crippen LogP contribution < -0.4 is 13.8 Å². The Morgan fingerprint density at radius 2 is 1.85 bits per heavy atom. The van der Waals surface area contributed by atoms with Gasteiger partial charge in [-0.1, -0.05) is 6.07 Å². The third-order valence-corrected chi connectivity index (χ3v) is 5.84. The van der Waals surface area contributed by atoms with Crippen molar-refractivity contribution in [2.45, 2.75) is 11.8 Å². The number of nitrogens with zero attached hydrogens (tertiary/aromatic N) is 1. The molecule has 0 amide bonds. The molecule has 0 aliphatic carbocycles. The van der Waals surface area contributed by atoms with Gasteiger partial charge in [0.05, 0.1) is 23.3 Å². The highest BCUT2D eigenvalue weighted by Gasteiger charge is 2.26. The number of benzene rings is 2. The monoisotopic (exact) mass is 377 g/mol. The summed E-state index contributed by atoms with van der Waals surface area (Å²) >= 11 is 0. The Kier molecular flexibility index (Phi) is 5.03. The van der Waals surface area contributed by atoms with Gasteiger partial charge in [-0.25, -0.2) is 13.2 Å². The van der Waals surface area contributed by atoms with Crippen LogP contribution in [-0.4, -0.2) is 41.3 Å². The lowest BCUT2D eigenvalue weighted by atomic mass is 10.2. The van der Waals surface area contributed by atoms with Gasteiger partial charge in [0, 0.05) is 12.6 Å². The quantitative estimate of drug-likeness (QED) is 0.745. The molecule has 0 saturated carbocycles. The predicted octanol–water partition coefficient (Wildman–Crippen LogP) is 2.46. The summed E-state index contributed by atoms with van der Waals surface area (Å²) in [5.74, 6) is 0.391. The number of hydrogen-bond donors (Lipinski definition) is 0. The van der Waals surface area contributed by atoms with Crippen molar-refractivity contribution in [2.24, 2.45) is 0 Å². The van der Waals surface area contributed by atoms with Gasteiger partial charge >= 0.3 is 5.97 Å². The number of carbonyl (C=O) groups is 1. The highest BCUT2D eigenvalue weighted by Crippen LogP contribution is 2.34. The molecular formula is C18H19NO6S. The van der Waals surface area contributed by atoms with Gasteiger partial charge in [0.15, 0.2) is 11.5 Å². The zero-order chi connectivity index (χ0) is 18.7. The minimum atomic E-state index is -3.84. The fourth-order valence-corrected chi connectivity index (χ4v) is 4.19. The summed E-state index contributed by atoms with van der Waals surface area (Å²) < 4.78 is 43.1. The topological polar surface area (TPSA) is 82.1 Å². The average Bonchev–Trinajstić information content (AvgIpc) is 2.67. The van der Waals surface area contributed by atoms with E-state index in [0.717, 1.165) is 0 Å². The molecule has 138 valence electrons. The maximum atomic E-state index is 13.1. The second-order valence-electron chi connectivity index (χ2n) is 5.52. The van der Waals surface area contributed by atoms with Crippen molar-refractivity contribution in [3.8, 4) is 11.5 Å². The minimum Gasteiger partial charge on any atom is -0.486 e. The van der Waals surface area contributed by atoms with Gasteiger partial charge in [-0.15, -0.1) is 0 Å². The van der Waals surface area contributed by atoms with Crippen LogP contribution in [0, 0.1) is 0 Å². The Hall–Kier alpha value is -2.74. The second-order valence-corrected chi connectivity index (χ2v) is 7.38. The Labute approximate surface area is 152 Å². The van der Waals surface area contributed by atoms with Crippen molar-refractivity contribution in [1.29, 1.82) is 0 Å². The predicted molar refractivity (Wildman–Crippen MR) is 95.4 cm³/mol. The van der Waals surface area contributed by atoms with Gasteiger partial charge in [-0.2, -0.15) is 0 Å². The van der Waals surface area contributed by atoms with E-state index in [9.17, 15) is 13.2 Å². The molecule has 0 aromatic heterocycles. The van der Waals surface area contributed by atoms with Crippen molar-refractivity contribution in [3.05, 3.63) is 48.0 Å². The van der Waals surface area contributed by atoms with E-state index in [4.69, 9.17) is 14.2 Å². The molecule has 1 heterocycles. The van der Waals surface area contributed by atoms with Crippen molar-refractivity contribution >= 4 is 21.7 Å². The first kappa shape index (κ1) is 18.1. The van der Waals surface area contributed by atoms with Gasteiger partial charge in [0.25, 0.3) is 10.0 Å². The summed E-state index contributed by atoms with van der Waals surface area (Å²) in [4.78, 5) is 11.8. The van der Waals surface area contributed by atoms with Crippen LogP contribution in [0.2, 0.25) is 0 Å². The molecule has 2 aromatic rings. The van der Waals surface area contributed by atoms with Gasteiger partial charge in [-0.05, 0) is 37.3 Å². The number of anilines is 1. The molecule has 8 heteroatoms. The number of methoxy groups -OCH3 is 1. The van der Waals surface area contributed by atoms with E-state index in [2.05, 4.69) is 0 Å². The molecule has 26 heavy (non-hydrogen) atoms. The molecule has 0 atom stereocenters. The molecular weight excluding hydrogens is 358 g/mol. The molecule has 0 fully saturated rings. The molecule has 0 saturated heterocycles. The Morgan fingerprint density at radius 1 is 1.12 bits per heavy atom. The Balaban J connectivity index is 2.00. The zero-order valence-corrected chi connectivity index (χ0v) is 15.3. The lowest BCUT2D eigenvalue weighted by Crippen LogP contribution is -2.31. The van der Waals surface area contributed by atoms with E-state index in [1.54, 1.807) is 31.2 Å². The SMILES string of the molecule is CCN(c1cccc(C(=O)OC)c1)S(=O)(=O)c1ccc2c(c1)OCCO2. The molecule has 0 unspecified atom stereocenters. The molecule has 1 aliphatic heterocycles. The fourth-order valence-electron chi connectivity index (χ4n) is 2.71. The molecule has 0 N–H and O–H groups in total. The summed E-state index contributed by atoms with van der Waals surface area (Å²) in [6, 6.07) is 10.8. The van der Waals surface area contributed by atoms with Crippen molar-refractivity contribution in [3.63, 3.8) is 0 Å². The van der Waals surface area contributed by atoms with E-state index in [0.29, 0.717) is 30.4 Å². The number of sulfonamides is 1. The first-order valence-electron chi connectivity index (χ1n) is 8.08. The van der Waals surface area contributed by atoms with Crippen LogP contribution in [0.5, 0.6) is 11.5 Å². The molecule has 2 aromatic carbocycles. The van der Waals surface area contributed by atoms with Crippen LogP contribution in [-0.2, 0) is 14.8 Å². The highest BCUT2D eigenvalue weighted by molar-refractivity contribution is 7.92. The number of fused-ring (bicyclic) bond motifs is 1. The second kappa shape index (κ2) is 7.25. The molecule has 3 rings (SSSR count). The third-order valence-electron chi connectivity index (χ3n) is 3.94. The van der Waals surface area contributed by atoms with E-state index in [-0.39, 0.29) is 17.0 Å². The standard InChI is InChI=1S/C18H19NO6S/c1-3-19(14-6-4-5-13(11-14)18(20)23-2)26(21,22)15-7-8-16-17(12-15)25-10-9-24-16/h4-8,11-12H,3,9-10H2,1-2H3. The van der Waals surface area contributed by atoms with E-state index in [1.807, 2.05) is 0 Å². The summed E-state index contributed by atoms with van der Waals surface area (Å²) in [6.45, 7) is 2.72. The third kappa shape index (κ3) is 3.32. The molecule has 0 radical (unpaired) electrons. The first-order chi connectivity index (χ1) is 12.5.